The largest absolute Gasteiger partial charge is 0.339 e. The van der Waals surface area contributed by atoms with Crippen molar-refractivity contribution in [1.29, 1.82) is 0 Å². The highest BCUT2D eigenvalue weighted by Gasteiger charge is 2.30. The van der Waals surface area contributed by atoms with Crippen LogP contribution in [0.1, 0.15) is 22.7 Å². The third kappa shape index (κ3) is 5.34. The van der Waals surface area contributed by atoms with E-state index in [0.29, 0.717) is 24.5 Å². The summed E-state index contributed by atoms with van der Waals surface area (Å²) in [6.45, 7) is 2.98. The van der Waals surface area contributed by atoms with Crippen LogP contribution >= 0.6 is 11.6 Å². The minimum Gasteiger partial charge on any atom is -0.339 e. The van der Waals surface area contributed by atoms with Gasteiger partial charge in [-0.2, -0.15) is 0 Å². The van der Waals surface area contributed by atoms with Crippen molar-refractivity contribution in [3.63, 3.8) is 0 Å². The Labute approximate surface area is 189 Å². The molecule has 0 radical (unpaired) electrons. The van der Waals surface area contributed by atoms with Gasteiger partial charge in [0.1, 0.15) is 0 Å². The van der Waals surface area contributed by atoms with Crippen LogP contribution in [-0.4, -0.2) is 47.9 Å². The van der Waals surface area contributed by atoms with Crippen LogP contribution in [0.3, 0.4) is 0 Å². The molecule has 1 saturated heterocycles. The molecule has 4 nitrogen and oxygen atoms in total. The van der Waals surface area contributed by atoms with Gasteiger partial charge in [0.25, 0.3) is 0 Å². The van der Waals surface area contributed by atoms with Crippen LogP contribution in [0.4, 0.5) is 0 Å². The summed E-state index contributed by atoms with van der Waals surface area (Å²) in [4.78, 5) is 17.3. The van der Waals surface area contributed by atoms with Crippen molar-refractivity contribution in [2.24, 2.45) is 5.73 Å². The van der Waals surface area contributed by atoms with Crippen molar-refractivity contribution >= 4 is 17.5 Å². The van der Waals surface area contributed by atoms with E-state index in [1.54, 1.807) is 0 Å². The maximum Gasteiger partial charge on any atom is 0.239 e. The molecular weight excluding hydrogens is 406 g/mol. The van der Waals surface area contributed by atoms with Crippen LogP contribution in [0, 0.1) is 0 Å². The van der Waals surface area contributed by atoms with Gasteiger partial charge in [-0.05, 0) is 35.2 Å². The molecule has 1 amide bonds. The lowest BCUT2D eigenvalue weighted by atomic mass is 9.96. The number of piperazine rings is 1. The van der Waals surface area contributed by atoms with E-state index in [4.69, 9.17) is 17.3 Å². The standard InChI is InChI=1S/C26H28ClN3O/c27-23-13-7-8-20(18-23)19-24(28)26(31)30-16-14-29(15-17-30)25(21-9-3-1-4-10-21)22-11-5-2-6-12-22/h1-13,18,24-25H,14-17,19,28H2. The number of amides is 1. The lowest BCUT2D eigenvalue weighted by molar-refractivity contribution is -0.134. The summed E-state index contributed by atoms with van der Waals surface area (Å²) in [5.74, 6) is 0.00981. The lowest BCUT2D eigenvalue weighted by Crippen LogP contribution is -2.54. The van der Waals surface area contributed by atoms with Gasteiger partial charge in [0.05, 0.1) is 12.1 Å². The third-order valence-electron chi connectivity index (χ3n) is 5.88. The number of hydrogen-bond acceptors (Lipinski definition) is 3. The molecule has 0 bridgehead atoms. The van der Waals surface area contributed by atoms with Gasteiger partial charge in [-0.15, -0.1) is 0 Å². The van der Waals surface area contributed by atoms with Gasteiger partial charge in [0.2, 0.25) is 5.91 Å². The maximum absolute atomic E-state index is 13.0. The molecule has 4 rings (SSSR count). The zero-order chi connectivity index (χ0) is 21.6. The number of carbonyl (C=O) groups excluding carboxylic acids is 1. The van der Waals surface area contributed by atoms with Crippen molar-refractivity contribution in [3.05, 3.63) is 107 Å². The first-order valence-electron chi connectivity index (χ1n) is 10.7. The number of nitrogens with two attached hydrogens (primary N) is 1. The summed E-state index contributed by atoms with van der Waals surface area (Å²) in [5, 5.41) is 0.665. The van der Waals surface area contributed by atoms with Crippen molar-refractivity contribution in [2.75, 3.05) is 26.2 Å². The van der Waals surface area contributed by atoms with Crippen molar-refractivity contribution < 1.29 is 4.79 Å². The van der Waals surface area contributed by atoms with Crippen LogP contribution < -0.4 is 5.73 Å². The molecule has 160 valence electrons. The van der Waals surface area contributed by atoms with E-state index in [9.17, 15) is 4.79 Å². The Morgan fingerprint density at radius 3 is 1.97 bits per heavy atom. The summed E-state index contributed by atoms with van der Waals surface area (Å²) < 4.78 is 0. The summed E-state index contributed by atoms with van der Waals surface area (Å²) in [5.41, 5.74) is 9.78. The molecule has 0 spiro atoms. The number of rotatable bonds is 6. The minimum absolute atomic E-state index is 0.00981. The normalized spacial score (nSPS) is 15.8. The predicted octanol–water partition coefficient (Wildman–Crippen LogP) is 4.14. The smallest absolute Gasteiger partial charge is 0.239 e. The third-order valence-corrected chi connectivity index (χ3v) is 6.12. The fourth-order valence-electron chi connectivity index (χ4n) is 4.32. The molecule has 31 heavy (non-hydrogen) atoms. The second-order valence-electron chi connectivity index (χ2n) is 8.03. The molecule has 2 N–H and O–H groups in total. The molecule has 1 aliphatic rings. The average Bonchev–Trinajstić information content (AvgIpc) is 2.81. The van der Waals surface area contributed by atoms with Crippen LogP contribution in [0.2, 0.25) is 5.02 Å². The van der Waals surface area contributed by atoms with Gasteiger partial charge in [-0.3, -0.25) is 9.69 Å². The molecular formula is C26H28ClN3O. The number of hydrogen-bond donors (Lipinski definition) is 1. The molecule has 0 aliphatic carbocycles. The highest BCUT2D eigenvalue weighted by molar-refractivity contribution is 6.30. The zero-order valence-corrected chi connectivity index (χ0v) is 18.3. The fraction of sp³-hybridized carbons (Fsp3) is 0.269. The molecule has 5 heteroatoms. The summed E-state index contributed by atoms with van der Waals surface area (Å²) >= 11 is 6.06. The quantitative estimate of drug-likeness (QED) is 0.635. The molecule has 3 aromatic carbocycles. The Balaban J connectivity index is 1.42. The predicted molar refractivity (Wildman–Crippen MR) is 126 cm³/mol. The number of benzene rings is 3. The Hall–Kier alpha value is -2.66. The molecule has 1 unspecified atom stereocenters. The summed E-state index contributed by atoms with van der Waals surface area (Å²) in [6, 6.07) is 28.3. The van der Waals surface area contributed by atoms with E-state index in [2.05, 4.69) is 53.4 Å². The number of nitrogens with zero attached hydrogens (tertiary/aromatic N) is 2. The van der Waals surface area contributed by atoms with Gasteiger partial charge in [-0.1, -0.05) is 84.4 Å². The lowest BCUT2D eigenvalue weighted by Gasteiger charge is -2.40. The average molecular weight is 434 g/mol. The maximum atomic E-state index is 13.0. The Bertz CT molecular complexity index is 948. The fourth-order valence-corrected chi connectivity index (χ4v) is 4.54. The summed E-state index contributed by atoms with van der Waals surface area (Å²) in [6.07, 6.45) is 0.496. The highest BCUT2D eigenvalue weighted by atomic mass is 35.5. The Morgan fingerprint density at radius 2 is 1.42 bits per heavy atom. The van der Waals surface area contributed by atoms with E-state index >= 15 is 0 Å². The molecule has 1 heterocycles. The first-order chi connectivity index (χ1) is 15.1. The SMILES string of the molecule is NC(Cc1cccc(Cl)c1)C(=O)N1CCN(C(c2ccccc2)c2ccccc2)CC1. The second kappa shape index (κ2) is 10.1. The first-order valence-corrected chi connectivity index (χ1v) is 11.1. The Kier molecular flexibility index (Phi) is 7.03. The van der Waals surface area contributed by atoms with Crippen molar-refractivity contribution in [2.45, 2.75) is 18.5 Å². The topological polar surface area (TPSA) is 49.6 Å². The Morgan fingerprint density at radius 1 is 0.839 bits per heavy atom. The van der Waals surface area contributed by atoms with Gasteiger partial charge >= 0.3 is 0 Å². The molecule has 1 atom stereocenters. The first kappa shape index (κ1) is 21.6. The van der Waals surface area contributed by atoms with Crippen LogP contribution in [0.15, 0.2) is 84.9 Å². The second-order valence-corrected chi connectivity index (χ2v) is 8.46. The van der Waals surface area contributed by atoms with E-state index in [-0.39, 0.29) is 11.9 Å². The van der Waals surface area contributed by atoms with Crippen molar-refractivity contribution in [3.8, 4) is 0 Å². The number of carbonyl (C=O) groups is 1. The van der Waals surface area contributed by atoms with E-state index in [1.165, 1.54) is 11.1 Å². The van der Waals surface area contributed by atoms with Crippen LogP contribution in [-0.2, 0) is 11.2 Å². The van der Waals surface area contributed by atoms with E-state index in [0.717, 1.165) is 18.7 Å². The van der Waals surface area contributed by atoms with E-state index in [1.807, 2.05) is 41.3 Å². The van der Waals surface area contributed by atoms with Gasteiger partial charge in [0.15, 0.2) is 0 Å². The van der Waals surface area contributed by atoms with Crippen LogP contribution in [0.25, 0.3) is 0 Å². The van der Waals surface area contributed by atoms with Crippen LogP contribution in [0.5, 0.6) is 0 Å². The van der Waals surface area contributed by atoms with Gasteiger partial charge in [0, 0.05) is 31.2 Å². The molecule has 1 aliphatic heterocycles. The molecule has 0 aromatic heterocycles. The summed E-state index contributed by atoms with van der Waals surface area (Å²) in [7, 11) is 0. The van der Waals surface area contributed by atoms with Gasteiger partial charge in [-0.25, -0.2) is 0 Å². The van der Waals surface area contributed by atoms with Crippen molar-refractivity contribution in [1.82, 2.24) is 9.80 Å². The molecule has 1 fully saturated rings. The van der Waals surface area contributed by atoms with E-state index < -0.39 is 6.04 Å². The van der Waals surface area contributed by atoms with Gasteiger partial charge < -0.3 is 10.6 Å². The minimum atomic E-state index is -0.552. The highest BCUT2D eigenvalue weighted by Crippen LogP contribution is 2.29. The number of halogens is 1. The molecule has 0 saturated carbocycles. The molecule has 3 aromatic rings. The monoisotopic (exact) mass is 433 g/mol. The zero-order valence-electron chi connectivity index (χ0n) is 17.5.